The van der Waals surface area contributed by atoms with Gasteiger partial charge in [-0.1, -0.05) is 19.8 Å². The molecule has 78 valence electrons. The highest BCUT2D eigenvalue weighted by atomic mass is 32.1. The highest BCUT2D eigenvalue weighted by molar-refractivity contribution is 7.09. The summed E-state index contributed by atoms with van der Waals surface area (Å²) in [6.07, 6.45) is 7.44. The van der Waals surface area contributed by atoms with Gasteiger partial charge in [0.05, 0.1) is 5.01 Å². The normalized spacial score (nSPS) is 20.1. The molecule has 0 radical (unpaired) electrons. The molecule has 0 saturated heterocycles. The van der Waals surface area contributed by atoms with Crippen LogP contribution in [0.15, 0.2) is 11.6 Å². The zero-order valence-corrected chi connectivity index (χ0v) is 9.52. The highest BCUT2D eigenvalue weighted by Gasteiger charge is 2.16. The number of nitrogens with one attached hydrogen (secondary N) is 1. The van der Waals surface area contributed by atoms with Crippen LogP contribution in [0.4, 0.5) is 0 Å². The first-order valence-corrected chi connectivity index (χ1v) is 6.37. The summed E-state index contributed by atoms with van der Waals surface area (Å²) in [6, 6.07) is 0.775. The van der Waals surface area contributed by atoms with Crippen molar-refractivity contribution < 1.29 is 0 Å². The molecule has 1 atom stereocenters. The lowest BCUT2D eigenvalue weighted by Crippen LogP contribution is -2.29. The van der Waals surface area contributed by atoms with Crippen molar-refractivity contribution in [1.29, 1.82) is 0 Å². The molecule has 3 heteroatoms. The largest absolute Gasteiger partial charge is 0.313 e. The lowest BCUT2D eigenvalue weighted by Gasteiger charge is -2.14. The fraction of sp³-hybridized carbons (Fsp3) is 0.727. The average Bonchev–Trinajstić information content (AvgIpc) is 2.87. The first-order valence-electron chi connectivity index (χ1n) is 5.49. The van der Waals surface area contributed by atoms with Crippen molar-refractivity contribution in [3.63, 3.8) is 0 Å². The SMILES string of the molecule is CC(CNC1CCCC1)c1nccs1. The molecule has 2 rings (SSSR count). The lowest BCUT2D eigenvalue weighted by atomic mass is 10.1. The Morgan fingerprint density at radius 1 is 1.57 bits per heavy atom. The van der Waals surface area contributed by atoms with Crippen molar-refractivity contribution in [2.24, 2.45) is 0 Å². The molecule has 0 aliphatic heterocycles. The van der Waals surface area contributed by atoms with E-state index in [0.717, 1.165) is 12.6 Å². The van der Waals surface area contributed by atoms with Crippen molar-refractivity contribution >= 4 is 11.3 Å². The predicted octanol–water partition coefficient (Wildman–Crippen LogP) is 2.78. The highest BCUT2D eigenvalue weighted by Crippen LogP contribution is 2.20. The second kappa shape index (κ2) is 4.89. The van der Waals surface area contributed by atoms with Crippen LogP contribution in [0, 0.1) is 0 Å². The molecule has 1 saturated carbocycles. The zero-order valence-electron chi connectivity index (χ0n) is 8.70. The number of thiazole rings is 1. The molecule has 1 unspecified atom stereocenters. The summed E-state index contributed by atoms with van der Waals surface area (Å²) < 4.78 is 0. The maximum atomic E-state index is 4.34. The number of hydrogen-bond acceptors (Lipinski definition) is 3. The Bertz CT molecular complexity index is 252. The maximum Gasteiger partial charge on any atom is 0.0965 e. The first-order chi connectivity index (χ1) is 6.86. The molecule has 1 aliphatic carbocycles. The summed E-state index contributed by atoms with van der Waals surface area (Å²) in [5.41, 5.74) is 0. The second-order valence-corrected chi connectivity index (χ2v) is 5.09. The van der Waals surface area contributed by atoms with Gasteiger partial charge in [0, 0.05) is 30.1 Å². The van der Waals surface area contributed by atoms with Crippen LogP contribution in [0.3, 0.4) is 0 Å². The molecule has 0 aromatic carbocycles. The predicted molar refractivity (Wildman–Crippen MR) is 60.8 cm³/mol. The average molecular weight is 210 g/mol. The van der Waals surface area contributed by atoms with E-state index in [1.54, 1.807) is 11.3 Å². The Balaban J connectivity index is 1.74. The monoisotopic (exact) mass is 210 g/mol. The van der Waals surface area contributed by atoms with Gasteiger partial charge in [-0.25, -0.2) is 4.98 Å². The molecule has 1 aromatic heterocycles. The third kappa shape index (κ3) is 2.55. The summed E-state index contributed by atoms with van der Waals surface area (Å²) >= 11 is 1.76. The van der Waals surface area contributed by atoms with E-state index in [2.05, 4.69) is 22.6 Å². The molecule has 0 spiro atoms. The van der Waals surface area contributed by atoms with Gasteiger partial charge in [0.1, 0.15) is 0 Å². The number of aromatic nitrogens is 1. The third-order valence-electron chi connectivity index (χ3n) is 2.94. The summed E-state index contributed by atoms with van der Waals surface area (Å²) in [6.45, 7) is 3.33. The molecular weight excluding hydrogens is 192 g/mol. The Morgan fingerprint density at radius 3 is 3.00 bits per heavy atom. The van der Waals surface area contributed by atoms with Crippen molar-refractivity contribution in [2.75, 3.05) is 6.54 Å². The molecule has 2 nitrogen and oxygen atoms in total. The van der Waals surface area contributed by atoms with Gasteiger partial charge in [0.25, 0.3) is 0 Å². The van der Waals surface area contributed by atoms with E-state index in [1.807, 2.05) is 6.20 Å². The minimum Gasteiger partial charge on any atom is -0.313 e. The fourth-order valence-electron chi connectivity index (χ4n) is 2.04. The summed E-state index contributed by atoms with van der Waals surface area (Å²) in [5, 5.41) is 6.95. The summed E-state index contributed by atoms with van der Waals surface area (Å²) in [4.78, 5) is 4.34. The fourth-order valence-corrected chi connectivity index (χ4v) is 2.74. The molecule has 1 fully saturated rings. The minimum absolute atomic E-state index is 0.565. The Morgan fingerprint density at radius 2 is 2.36 bits per heavy atom. The molecule has 1 aliphatic rings. The van der Waals surface area contributed by atoms with Crippen LogP contribution in [-0.4, -0.2) is 17.6 Å². The van der Waals surface area contributed by atoms with Crippen LogP contribution < -0.4 is 5.32 Å². The van der Waals surface area contributed by atoms with E-state index < -0.39 is 0 Å². The van der Waals surface area contributed by atoms with Crippen LogP contribution in [0.25, 0.3) is 0 Å². The van der Waals surface area contributed by atoms with Gasteiger partial charge >= 0.3 is 0 Å². The van der Waals surface area contributed by atoms with Gasteiger partial charge in [0.2, 0.25) is 0 Å². The first kappa shape index (κ1) is 10.1. The van der Waals surface area contributed by atoms with E-state index in [4.69, 9.17) is 0 Å². The number of nitrogens with zero attached hydrogens (tertiary/aromatic N) is 1. The minimum atomic E-state index is 0.565. The molecule has 1 heterocycles. The quantitative estimate of drug-likeness (QED) is 0.826. The van der Waals surface area contributed by atoms with Gasteiger partial charge in [-0.05, 0) is 12.8 Å². The molecule has 14 heavy (non-hydrogen) atoms. The van der Waals surface area contributed by atoms with Gasteiger partial charge in [-0.2, -0.15) is 0 Å². The van der Waals surface area contributed by atoms with Crippen molar-refractivity contribution in [1.82, 2.24) is 10.3 Å². The molecule has 0 bridgehead atoms. The Labute approximate surface area is 89.8 Å². The van der Waals surface area contributed by atoms with Crippen molar-refractivity contribution in [3.8, 4) is 0 Å². The lowest BCUT2D eigenvalue weighted by molar-refractivity contribution is 0.499. The zero-order chi connectivity index (χ0) is 9.80. The van der Waals surface area contributed by atoms with E-state index in [1.165, 1.54) is 30.7 Å². The van der Waals surface area contributed by atoms with E-state index >= 15 is 0 Å². The molecule has 1 N–H and O–H groups in total. The van der Waals surface area contributed by atoms with E-state index in [-0.39, 0.29) is 0 Å². The Hall–Kier alpha value is -0.410. The second-order valence-electron chi connectivity index (χ2n) is 4.16. The van der Waals surface area contributed by atoms with Crippen LogP contribution >= 0.6 is 11.3 Å². The van der Waals surface area contributed by atoms with Crippen molar-refractivity contribution in [3.05, 3.63) is 16.6 Å². The van der Waals surface area contributed by atoms with Crippen LogP contribution in [0.2, 0.25) is 0 Å². The standard InChI is InChI=1S/C11H18N2S/c1-9(11-12-6-7-14-11)8-13-10-4-2-3-5-10/h6-7,9-10,13H,2-5,8H2,1H3. The third-order valence-corrected chi connectivity index (χ3v) is 3.95. The van der Waals surface area contributed by atoms with E-state index in [0.29, 0.717) is 5.92 Å². The molecule has 1 aromatic rings. The number of rotatable bonds is 4. The molecule has 0 amide bonds. The van der Waals surface area contributed by atoms with Crippen molar-refractivity contribution in [2.45, 2.75) is 44.6 Å². The van der Waals surface area contributed by atoms with Gasteiger partial charge < -0.3 is 5.32 Å². The van der Waals surface area contributed by atoms with Gasteiger partial charge in [0.15, 0.2) is 0 Å². The van der Waals surface area contributed by atoms with Crippen LogP contribution in [0.5, 0.6) is 0 Å². The Kier molecular flexibility index (Phi) is 3.54. The van der Waals surface area contributed by atoms with Gasteiger partial charge in [-0.3, -0.25) is 0 Å². The van der Waals surface area contributed by atoms with E-state index in [9.17, 15) is 0 Å². The topological polar surface area (TPSA) is 24.9 Å². The smallest absolute Gasteiger partial charge is 0.0965 e. The van der Waals surface area contributed by atoms with Crippen LogP contribution in [0.1, 0.15) is 43.5 Å². The summed E-state index contributed by atoms with van der Waals surface area (Å²) in [7, 11) is 0. The summed E-state index contributed by atoms with van der Waals surface area (Å²) in [5.74, 6) is 0.565. The van der Waals surface area contributed by atoms with Gasteiger partial charge in [-0.15, -0.1) is 11.3 Å². The number of hydrogen-bond donors (Lipinski definition) is 1. The molecular formula is C11H18N2S. The van der Waals surface area contributed by atoms with Crippen LogP contribution in [-0.2, 0) is 0 Å². The maximum absolute atomic E-state index is 4.34.